The SMILES string of the molecule is CC(C)CN(c1ccc(C(C)C/C(N)=N/N)cc1N)C1CCCCC1. The zero-order valence-electron chi connectivity index (χ0n) is 16.0. The van der Waals surface area contributed by atoms with Crippen LogP contribution in [0.2, 0.25) is 0 Å². The van der Waals surface area contributed by atoms with E-state index in [4.69, 9.17) is 17.3 Å². The summed E-state index contributed by atoms with van der Waals surface area (Å²) < 4.78 is 0. The number of anilines is 2. The molecule has 140 valence electrons. The Kier molecular flexibility index (Phi) is 6.97. The van der Waals surface area contributed by atoms with Gasteiger partial charge in [0.1, 0.15) is 5.84 Å². The Hall–Kier alpha value is -1.91. The minimum absolute atomic E-state index is 0.247. The van der Waals surface area contributed by atoms with Gasteiger partial charge in [-0.05, 0) is 42.4 Å². The van der Waals surface area contributed by atoms with Gasteiger partial charge in [0.05, 0.1) is 11.4 Å². The number of nitrogens with zero attached hydrogens (tertiary/aromatic N) is 2. The number of nitrogen functional groups attached to an aromatic ring is 1. The Labute approximate surface area is 152 Å². The number of hydrazone groups is 1. The lowest BCUT2D eigenvalue weighted by atomic mass is 9.92. The van der Waals surface area contributed by atoms with Gasteiger partial charge < -0.3 is 22.2 Å². The van der Waals surface area contributed by atoms with Crippen molar-refractivity contribution >= 4 is 17.2 Å². The fourth-order valence-electron chi connectivity index (χ4n) is 3.86. The molecule has 0 saturated heterocycles. The molecule has 0 aromatic heterocycles. The van der Waals surface area contributed by atoms with Crippen LogP contribution in [0.1, 0.15) is 70.8 Å². The lowest BCUT2D eigenvalue weighted by Gasteiger charge is -2.38. The molecule has 0 aliphatic heterocycles. The molecule has 5 heteroatoms. The zero-order valence-corrected chi connectivity index (χ0v) is 16.0. The van der Waals surface area contributed by atoms with E-state index in [1.165, 1.54) is 43.4 Å². The van der Waals surface area contributed by atoms with E-state index >= 15 is 0 Å². The fraction of sp³-hybridized carbons (Fsp3) is 0.650. The van der Waals surface area contributed by atoms with Gasteiger partial charge in [0.25, 0.3) is 0 Å². The maximum absolute atomic E-state index is 6.48. The number of rotatable bonds is 7. The summed E-state index contributed by atoms with van der Waals surface area (Å²) >= 11 is 0. The highest BCUT2D eigenvalue weighted by molar-refractivity contribution is 5.81. The quantitative estimate of drug-likeness (QED) is 0.230. The molecular weight excluding hydrogens is 310 g/mol. The summed E-state index contributed by atoms with van der Waals surface area (Å²) in [7, 11) is 0. The topological polar surface area (TPSA) is 93.7 Å². The van der Waals surface area contributed by atoms with Crippen molar-refractivity contribution in [3.05, 3.63) is 23.8 Å². The van der Waals surface area contributed by atoms with Gasteiger partial charge in [-0.25, -0.2) is 0 Å². The summed E-state index contributed by atoms with van der Waals surface area (Å²) in [5.41, 5.74) is 15.5. The zero-order chi connectivity index (χ0) is 18.4. The van der Waals surface area contributed by atoms with Gasteiger partial charge in [0, 0.05) is 19.0 Å². The van der Waals surface area contributed by atoms with E-state index in [2.05, 4.69) is 49.0 Å². The first-order valence-corrected chi connectivity index (χ1v) is 9.60. The minimum Gasteiger partial charge on any atom is -0.397 e. The molecule has 1 atom stereocenters. The van der Waals surface area contributed by atoms with Crippen molar-refractivity contribution in [3.63, 3.8) is 0 Å². The highest BCUT2D eigenvalue weighted by atomic mass is 15.2. The molecule has 1 aliphatic rings. The second-order valence-electron chi connectivity index (χ2n) is 7.88. The van der Waals surface area contributed by atoms with Crippen molar-refractivity contribution in [2.24, 2.45) is 22.6 Å². The molecule has 1 unspecified atom stereocenters. The van der Waals surface area contributed by atoms with E-state index in [0.717, 1.165) is 12.2 Å². The Morgan fingerprint density at radius 1 is 1.20 bits per heavy atom. The van der Waals surface area contributed by atoms with Gasteiger partial charge in [-0.2, -0.15) is 5.10 Å². The highest BCUT2D eigenvalue weighted by Crippen LogP contribution is 2.34. The van der Waals surface area contributed by atoms with E-state index in [9.17, 15) is 0 Å². The Morgan fingerprint density at radius 3 is 2.44 bits per heavy atom. The third-order valence-electron chi connectivity index (χ3n) is 5.19. The molecule has 0 bridgehead atoms. The summed E-state index contributed by atoms with van der Waals surface area (Å²) in [4.78, 5) is 2.54. The van der Waals surface area contributed by atoms with Crippen LogP contribution in [0.5, 0.6) is 0 Å². The number of benzene rings is 1. The first-order chi connectivity index (χ1) is 11.9. The van der Waals surface area contributed by atoms with Crippen LogP contribution in [0, 0.1) is 5.92 Å². The van der Waals surface area contributed by atoms with Crippen LogP contribution in [-0.4, -0.2) is 18.4 Å². The lowest BCUT2D eigenvalue weighted by Crippen LogP contribution is -2.39. The predicted octanol–water partition coefficient (Wildman–Crippen LogP) is 3.79. The van der Waals surface area contributed by atoms with Crippen LogP contribution in [0.25, 0.3) is 0 Å². The molecule has 1 aromatic carbocycles. The van der Waals surface area contributed by atoms with Gasteiger partial charge >= 0.3 is 0 Å². The largest absolute Gasteiger partial charge is 0.397 e. The molecule has 1 aliphatic carbocycles. The number of hydrogen-bond donors (Lipinski definition) is 3. The summed E-state index contributed by atoms with van der Waals surface area (Å²) in [5.74, 6) is 6.58. The van der Waals surface area contributed by atoms with Gasteiger partial charge in [0.2, 0.25) is 0 Å². The Balaban J connectivity index is 2.22. The van der Waals surface area contributed by atoms with E-state index in [0.29, 0.717) is 24.2 Å². The fourth-order valence-corrected chi connectivity index (χ4v) is 3.86. The van der Waals surface area contributed by atoms with Crippen LogP contribution in [0.15, 0.2) is 23.3 Å². The van der Waals surface area contributed by atoms with E-state index in [1.54, 1.807) is 0 Å². The molecular formula is C20H35N5. The first-order valence-electron chi connectivity index (χ1n) is 9.60. The molecule has 0 spiro atoms. The van der Waals surface area contributed by atoms with Gasteiger partial charge in [-0.1, -0.05) is 46.1 Å². The van der Waals surface area contributed by atoms with Crippen molar-refractivity contribution < 1.29 is 0 Å². The molecule has 1 fully saturated rings. The Morgan fingerprint density at radius 2 is 1.88 bits per heavy atom. The van der Waals surface area contributed by atoms with Gasteiger partial charge in [0.15, 0.2) is 0 Å². The Bertz CT molecular complexity index is 575. The maximum Gasteiger partial charge on any atom is 0.119 e. The summed E-state index contributed by atoms with van der Waals surface area (Å²) in [5, 5.41) is 3.57. The maximum atomic E-state index is 6.48. The third kappa shape index (κ3) is 5.28. The number of nitrogens with two attached hydrogens (primary N) is 3. The molecule has 25 heavy (non-hydrogen) atoms. The first kappa shape index (κ1) is 19.4. The average Bonchev–Trinajstić information content (AvgIpc) is 2.60. The summed E-state index contributed by atoms with van der Waals surface area (Å²) in [6, 6.07) is 7.08. The summed E-state index contributed by atoms with van der Waals surface area (Å²) in [6.07, 6.45) is 7.20. The van der Waals surface area contributed by atoms with Gasteiger partial charge in [-0.15, -0.1) is 0 Å². The van der Waals surface area contributed by atoms with Crippen LogP contribution in [0.4, 0.5) is 11.4 Å². The van der Waals surface area contributed by atoms with Gasteiger partial charge in [-0.3, -0.25) is 0 Å². The average molecular weight is 346 g/mol. The van der Waals surface area contributed by atoms with Crippen LogP contribution in [-0.2, 0) is 0 Å². The van der Waals surface area contributed by atoms with Crippen LogP contribution < -0.4 is 22.2 Å². The third-order valence-corrected chi connectivity index (χ3v) is 5.19. The molecule has 2 rings (SSSR count). The van der Waals surface area contributed by atoms with Crippen LogP contribution >= 0.6 is 0 Å². The highest BCUT2D eigenvalue weighted by Gasteiger charge is 2.24. The normalized spacial score (nSPS) is 17.7. The van der Waals surface area contributed by atoms with Crippen molar-refractivity contribution in [1.82, 2.24) is 0 Å². The second-order valence-corrected chi connectivity index (χ2v) is 7.88. The molecule has 0 heterocycles. The monoisotopic (exact) mass is 345 g/mol. The molecule has 1 aromatic rings. The molecule has 0 amide bonds. The van der Waals surface area contributed by atoms with Crippen molar-refractivity contribution in [3.8, 4) is 0 Å². The lowest BCUT2D eigenvalue weighted by molar-refractivity contribution is 0.401. The van der Waals surface area contributed by atoms with Crippen molar-refractivity contribution in [1.29, 1.82) is 0 Å². The molecule has 1 saturated carbocycles. The molecule has 5 nitrogen and oxygen atoms in total. The van der Waals surface area contributed by atoms with E-state index < -0.39 is 0 Å². The summed E-state index contributed by atoms with van der Waals surface area (Å²) in [6.45, 7) is 7.73. The smallest absolute Gasteiger partial charge is 0.119 e. The predicted molar refractivity (Wildman–Crippen MR) is 109 cm³/mol. The number of hydrogen-bond acceptors (Lipinski definition) is 4. The minimum atomic E-state index is 0.247. The van der Waals surface area contributed by atoms with Crippen LogP contribution in [0.3, 0.4) is 0 Å². The van der Waals surface area contributed by atoms with Crippen molar-refractivity contribution in [2.75, 3.05) is 17.2 Å². The van der Waals surface area contributed by atoms with E-state index in [1.807, 2.05) is 0 Å². The second kappa shape index (κ2) is 8.97. The molecule has 6 N–H and O–H groups in total. The number of amidine groups is 1. The van der Waals surface area contributed by atoms with E-state index in [-0.39, 0.29) is 5.92 Å². The standard InChI is InChI=1S/C20H35N5/c1-14(2)13-25(17-7-5-4-6-8-17)19-10-9-16(12-18(19)21)15(3)11-20(22)24-23/h9-10,12,14-15,17H,4-8,11,13,21,23H2,1-3H3,(H2,22,24). The van der Waals surface area contributed by atoms with Crippen molar-refractivity contribution in [2.45, 2.75) is 71.3 Å². The molecule has 0 radical (unpaired) electrons.